The van der Waals surface area contributed by atoms with Gasteiger partial charge in [-0.1, -0.05) is 11.6 Å². The molecule has 6 nitrogen and oxygen atoms in total. The molecule has 0 saturated carbocycles. The number of hydrogen-bond acceptors (Lipinski definition) is 5. The largest absolute Gasteiger partial charge is 0.497 e. The summed E-state index contributed by atoms with van der Waals surface area (Å²) in [6, 6.07) is 16.0. The first kappa shape index (κ1) is 20.9. The lowest BCUT2D eigenvalue weighted by atomic mass is 10.2. The molecule has 0 spiro atoms. The first-order valence-electron chi connectivity index (χ1n) is 10.1. The van der Waals surface area contributed by atoms with Crippen LogP contribution in [0.1, 0.15) is 6.92 Å². The molecule has 1 fully saturated rings. The number of nitrogens with zero attached hydrogens (tertiary/aromatic N) is 5. The molecule has 1 saturated heterocycles. The molecule has 0 unspecified atom stereocenters. The number of methoxy groups -OCH3 is 1. The van der Waals surface area contributed by atoms with Gasteiger partial charge in [0.05, 0.1) is 13.8 Å². The van der Waals surface area contributed by atoms with Crippen molar-refractivity contribution in [1.82, 2.24) is 19.2 Å². The van der Waals surface area contributed by atoms with E-state index in [2.05, 4.69) is 33.4 Å². The third-order valence-corrected chi connectivity index (χ3v) is 6.17. The fraction of sp³-hybridized carbons (Fsp3) is 0.364. The molecule has 0 atom stereocenters. The molecular weight excluding hydrogens is 418 g/mol. The Bertz CT molecular complexity index is 1040. The van der Waals surface area contributed by atoms with E-state index in [1.807, 2.05) is 41.1 Å². The molecule has 0 N–H and O–H groups in total. The number of anilines is 1. The average Bonchev–Trinajstić information content (AvgIpc) is 3.10. The molecule has 0 bridgehead atoms. The van der Waals surface area contributed by atoms with Crippen molar-refractivity contribution in [3.63, 3.8) is 0 Å². The minimum absolute atomic E-state index is 0.697. The first-order chi connectivity index (χ1) is 14.6. The summed E-state index contributed by atoms with van der Waals surface area (Å²) in [5.41, 5.74) is 2.25. The monoisotopic (exact) mass is 443 g/mol. The predicted molar refractivity (Wildman–Crippen MR) is 124 cm³/mol. The van der Waals surface area contributed by atoms with Gasteiger partial charge >= 0.3 is 0 Å². The standard InChI is InChI=1S/C22H26ClN5OS/c1-3-27-21(17-4-6-18(23)7-5-17)24-28(22(27)30)16-25-12-14-26(15-13-25)19-8-10-20(29-2)11-9-19/h4-11H,3,12-16H2,1-2H3. The van der Waals surface area contributed by atoms with E-state index in [1.54, 1.807) is 7.11 Å². The maximum atomic E-state index is 6.04. The van der Waals surface area contributed by atoms with Gasteiger partial charge in [-0.05, 0) is 67.7 Å². The normalized spacial score (nSPS) is 14.8. The second-order valence-electron chi connectivity index (χ2n) is 7.30. The summed E-state index contributed by atoms with van der Waals surface area (Å²) in [4.78, 5) is 4.80. The van der Waals surface area contributed by atoms with Gasteiger partial charge in [0.15, 0.2) is 10.6 Å². The van der Waals surface area contributed by atoms with Crippen molar-refractivity contribution in [2.24, 2.45) is 0 Å². The fourth-order valence-electron chi connectivity index (χ4n) is 3.76. The Hall–Kier alpha value is -2.35. The third-order valence-electron chi connectivity index (χ3n) is 5.49. The lowest BCUT2D eigenvalue weighted by molar-refractivity contribution is 0.194. The van der Waals surface area contributed by atoms with E-state index in [4.69, 9.17) is 33.7 Å². The van der Waals surface area contributed by atoms with Crippen LogP contribution in [0.25, 0.3) is 11.4 Å². The molecule has 3 aromatic rings. The van der Waals surface area contributed by atoms with E-state index in [9.17, 15) is 0 Å². The number of hydrogen-bond donors (Lipinski definition) is 0. The van der Waals surface area contributed by atoms with E-state index in [0.29, 0.717) is 6.67 Å². The summed E-state index contributed by atoms with van der Waals surface area (Å²) in [6.45, 7) is 7.43. The minimum Gasteiger partial charge on any atom is -0.497 e. The van der Waals surface area contributed by atoms with Crippen molar-refractivity contribution in [3.05, 3.63) is 58.3 Å². The molecular formula is C22H26ClN5OS. The highest BCUT2D eigenvalue weighted by Crippen LogP contribution is 2.22. The van der Waals surface area contributed by atoms with E-state index >= 15 is 0 Å². The van der Waals surface area contributed by atoms with Gasteiger partial charge < -0.3 is 14.2 Å². The summed E-state index contributed by atoms with van der Waals surface area (Å²) >= 11 is 11.8. The molecule has 8 heteroatoms. The molecule has 0 amide bonds. The van der Waals surface area contributed by atoms with Crippen LogP contribution >= 0.6 is 23.8 Å². The van der Waals surface area contributed by atoms with Crippen LogP contribution in [-0.2, 0) is 13.2 Å². The Morgan fingerprint density at radius 3 is 2.27 bits per heavy atom. The summed E-state index contributed by atoms with van der Waals surface area (Å²) < 4.78 is 10.0. The fourth-order valence-corrected chi connectivity index (χ4v) is 4.20. The van der Waals surface area contributed by atoms with E-state index in [0.717, 1.165) is 59.7 Å². The summed E-state index contributed by atoms with van der Waals surface area (Å²) in [5, 5.41) is 5.55. The number of halogens is 1. The molecule has 1 aliphatic rings. The lowest BCUT2D eigenvalue weighted by Gasteiger charge is -2.35. The zero-order valence-corrected chi connectivity index (χ0v) is 18.9. The molecule has 4 rings (SSSR count). The van der Waals surface area contributed by atoms with Gasteiger partial charge in [-0.3, -0.25) is 4.90 Å². The maximum absolute atomic E-state index is 6.04. The van der Waals surface area contributed by atoms with Gasteiger partial charge in [0.25, 0.3) is 0 Å². The number of rotatable bonds is 6. The highest BCUT2D eigenvalue weighted by molar-refractivity contribution is 7.71. The van der Waals surface area contributed by atoms with E-state index in [-0.39, 0.29) is 0 Å². The Labute approximate surface area is 187 Å². The quantitative estimate of drug-likeness (QED) is 0.523. The van der Waals surface area contributed by atoms with Gasteiger partial charge in [-0.2, -0.15) is 5.10 Å². The number of benzene rings is 2. The van der Waals surface area contributed by atoms with Crippen LogP contribution in [0.2, 0.25) is 5.02 Å². The minimum atomic E-state index is 0.697. The number of aromatic nitrogens is 3. The molecule has 2 aromatic carbocycles. The van der Waals surface area contributed by atoms with Crippen molar-refractivity contribution in [2.45, 2.75) is 20.1 Å². The van der Waals surface area contributed by atoms with Crippen LogP contribution in [0.15, 0.2) is 48.5 Å². The Morgan fingerprint density at radius 2 is 1.67 bits per heavy atom. The third kappa shape index (κ3) is 4.38. The first-order valence-corrected chi connectivity index (χ1v) is 10.9. The van der Waals surface area contributed by atoms with Gasteiger partial charge in [-0.25, -0.2) is 4.68 Å². The zero-order valence-electron chi connectivity index (χ0n) is 17.3. The van der Waals surface area contributed by atoms with Crippen LogP contribution in [0.5, 0.6) is 5.75 Å². The Kier molecular flexibility index (Phi) is 6.41. The van der Waals surface area contributed by atoms with Crippen LogP contribution in [0, 0.1) is 4.77 Å². The van der Waals surface area contributed by atoms with Crippen molar-refractivity contribution >= 4 is 29.5 Å². The molecule has 1 aromatic heterocycles. The number of ether oxygens (including phenoxy) is 1. The SMILES string of the molecule is CCn1c(-c2ccc(Cl)cc2)nn(CN2CCN(c3ccc(OC)cc3)CC2)c1=S. The summed E-state index contributed by atoms with van der Waals surface area (Å²) in [5.74, 6) is 1.77. The molecule has 1 aliphatic heterocycles. The highest BCUT2D eigenvalue weighted by atomic mass is 35.5. The maximum Gasteiger partial charge on any atom is 0.199 e. The van der Waals surface area contributed by atoms with Gasteiger partial charge in [0.2, 0.25) is 0 Å². The van der Waals surface area contributed by atoms with E-state index in [1.165, 1.54) is 5.69 Å². The molecule has 158 valence electrons. The molecule has 0 aliphatic carbocycles. The molecule has 2 heterocycles. The Balaban J connectivity index is 1.45. The Morgan fingerprint density at radius 1 is 1.00 bits per heavy atom. The lowest BCUT2D eigenvalue weighted by Crippen LogP contribution is -2.47. The van der Waals surface area contributed by atoms with Crippen molar-refractivity contribution in [2.75, 3.05) is 38.2 Å². The van der Waals surface area contributed by atoms with Crippen molar-refractivity contribution in [3.8, 4) is 17.1 Å². The molecule has 30 heavy (non-hydrogen) atoms. The second-order valence-corrected chi connectivity index (χ2v) is 8.10. The average molecular weight is 444 g/mol. The molecule has 0 radical (unpaired) electrons. The highest BCUT2D eigenvalue weighted by Gasteiger charge is 2.19. The smallest absolute Gasteiger partial charge is 0.199 e. The van der Waals surface area contributed by atoms with Gasteiger partial charge in [0, 0.05) is 49.0 Å². The van der Waals surface area contributed by atoms with Crippen LogP contribution in [-0.4, -0.2) is 52.5 Å². The van der Waals surface area contributed by atoms with Crippen LogP contribution in [0.3, 0.4) is 0 Å². The van der Waals surface area contributed by atoms with Crippen molar-refractivity contribution in [1.29, 1.82) is 0 Å². The van der Waals surface area contributed by atoms with Gasteiger partial charge in [-0.15, -0.1) is 0 Å². The van der Waals surface area contributed by atoms with Crippen LogP contribution in [0.4, 0.5) is 5.69 Å². The van der Waals surface area contributed by atoms with Crippen LogP contribution < -0.4 is 9.64 Å². The number of piperazine rings is 1. The van der Waals surface area contributed by atoms with Crippen molar-refractivity contribution < 1.29 is 4.74 Å². The van der Waals surface area contributed by atoms with Gasteiger partial charge in [0.1, 0.15) is 5.75 Å². The summed E-state index contributed by atoms with van der Waals surface area (Å²) in [6.07, 6.45) is 0. The topological polar surface area (TPSA) is 38.5 Å². The summed E-state index contributed by atoms with van der Waals surface area (Å²) in [7, 11) is 1.69. The zero-order chi connectivity index (χ0) is 21.1. The predicted octanol–water partition coefficient (Wildman–Crippen LogP) is 4.54. The van der Waals surface area contributed by atoms with E-state index < -0.39 is 0 Å². The second kappa shape index (κ2) is 9.20.